The maximum Gasteiger partial charge on any atom is 0.251 e. The molecular weight excluding hydrogens is 269 g/mol. The molecule has 0 unspecified atom stereocenters. The van der Waals surface area contributed by atoms with Gasteiger partial charge in [0.1, 0.15) is 0 Å². The molecule has 2 aromatic rings. The average molecular weight is 280 g/mol. The minimum atomic E-state index is -0.120. The minimum absolute atomic E-state index is 0.120. The third-order valence-electron chi connectivity index (χ3n) is 2.55. The molecule has 2 rings (SSSR count). The number of rotatable bonds is 2. The Balaban J connectivity index is 2.47. The summed E-state index contributed by atoms with van der Waals surface area (Å²) in [6, 6.07) is 12.6. The van der Waals surface area contributed by atoms with Crippen LogP contribution in [0.1, 0.15) is 10.4 Å². The molecule has 92 valence electrons. The van der Waals surface area contributed by atoms with Crippen molar-refractivity contribution < 1.29 is 4.79 Å². The zero-order valence-corrected chi connectivity index (χ0v) is 11.2. The van der Waals surface area contributed by atoms with Crippen LogP contribution in [0.4, 0.5) is 0 Å². The summed E-state index contributed by atoms with van der Waals surface area (Å²) in [4.78, 5) is 11.6. The normalized spacial score (nSPS) is 10.2. The van der Waals surface area contributed by atoms with Gasteiger partial charge in [0.25, 0.3) is 5.91 Å². The van der Waals surface area contributed by atoms with Crippen LogP contribution in [0.25, 0.3) is 11.1 Å². The number of halogens is 2. The van der Waals surface area contributed by atoms with Crippen molar-refractivity contribution in [3.63, 3.8) is 0 Å². The lowest BCUT2D eigenvalue weighted by molar-refractivity contribution is 0.0963. The van der Waals surface area contributed by atoms with Gasteiger partial charge in [0.15, 0.2) is 0 Å². The van der Waals surface area contributed by atoms with E-state index in [0.29, 0.717) is 15.6 Å². The van der Waals surface area contributed by atoms with E-state index in [-0.39, 0.29) is 5.91 Å². The molecule has 0 atom stereocenters. The largest absolute Gasteiger partial charge is 0.355 e. The maximum atomic E-state index is 11.6. The van der Waals surface area contributed by atoms with E-state index in [9.17, 15) is 4.79 Å². The Kier molecular flexibility index (Phi) is 3.90. The van der Waals surface area contributed by atoms with Crippen LogP contribution < -0.4 is 5.32 Å². The predicted molar refractivity (Wildman–Crippen MR) is 75.3 cm³/mol. The fraction of sp³-hybridized carbons (Fsp3) is 0.0714. The summed E-state index contributed by atoms with van der Waals surface area (Å²) in [6.45, 7) is 0. The summed E-state index contributed by atoms with van der Waals surface area (Å²) in [5.74, 6) is -0.120. The summed E-state index contributed by atoms with van der Waals surface area (Å²) in [5.41, 5.74) is 2.39. The van der Waals surface area contributed by atoms with Gasteiger partial charge in [-0.15, -0.1) is 0 Å². The van der Waals surface area contributed by atoms with Crippen molar-refractivity contribution in [3.05, 3.63) is 58.1 Å². The van der Waals surface area contributed by atoms with Crippen LogP contribution in [-0.2, 0) is 0 Å². The molecule has 1 amide bonds. The highest BCUT2D eigenvalue weighted by Gasteiger charge is 2.06. The van der Waals surface area contributed by atoms with E-state index >= 15 is 0 Å². The molecule has 0 aliphatic carbocycles. The fourth-order valence-electron chi connectivity index (χ4n) is 1.70. The van der Waals surface area contributed by atoms with Gasteiger partial charge >= 0.3 is 0 Å². The molecule has 0 radical (unpaired) electrons. The van der Waals surface area contributed by atoms with E-state index in [4.69, 9.17) is 23.2 Å². The third-order valence-corrected chi connectivity index (χ3v) is 2.98. The van der Waals surface area contributed by atoms with E-state index < -0.39 is 0 Å². The standard InChI is InChI=1S/C14H11Cl2NO/c1-17-14(18)10-4-2-3-9(5-10)11-6-12(15)8-13(16)7-11/h2-8H,1H3,(H,17,18). The molecule has 1 N–H and O–H groups in total. The van der Waals surface area contributed by atoms with Crippen molar-refractivity contribution in [2.24, 2.45) is 0 Å². The maximum absolute atomic E-state index is 11.6. The van der Waals surface area contributed by atoms with Crippen molar-refractivity contribution in [3.8, 4) is 11.1 Å². The van der Waals surface area contributed by atoms with Gasteiger partial charge in [0, 0.05) is 22.7 Å². The third kappa shape index (κ3) is 2.84. The van der Waals surface area contributed by atoms with Crippen LogP contribution in [0, 0.1) is 0 Å². The van der Waals surface area contributed by atoms with E-state index in [1.165, 1.54) is 0 Å². The van der Waals surface area contributed by atoms with E-state index in [1.807, 2.05) is 24.3 Å². The molecule has 0 fully saturated rings. The molecular formula is C14H11Cl2NO. The van der Waals surface area contributed by atoms with Gasteiger partial charge in [-0.25, -0.2) is 0 Å². The summed E-state index contributed by atoms with van der Waals surface area (Å²) in [7, 11) is 1.60. The highest BCUT2D eigenvalue weighted by Crippen LogP contribution is 2.27. The highest BCUT2D eigenvalue weighted by molar-refractivity contribution is 6.35. The summed E-state index contributed by atoms with van der Waals surface area (Å²) >= 11 is 11.9. The van der Waals surface area contributed by atoms with Gasteiger partial charge in [-0.3, -0.25) is 4.79 Å². The molecule has 2 nitrogen and oxygen atoms in total. The van der Waals surface area contributed by atoms with Crippen LogP contribution >= 0.6 is 23.2 Å². The first-order valence-electron chi connectivity index (χ1n) is 5.39. The van der Waals surface area contributed by atoms with Crippen molar-refractivity contribution in [1.82, 2.24) is 5.32 Å². The molecule has 4 heteroatoms. The molecule has 18 heavy (non-hydrogen) atoms. The zero-order valence-electron chi connectivity index (χ0n) is 9.71. The lowest BCUT2D eigenvalue weighted by atomic mass is 10.0. The highest BCUT2D eigenvalue weighted by atomic mass is 35.5. The molecule has 0 heterocycles. The molecule has 0 spiro atoms. The Labute approximate surface area is 116 Å². The van der Waals surface area contributed by atoms with E-state index in [1.54, 1.807) is 25.2 Å². The molecule has 0 saturated carbocycles. The molecule has 0 aromatic heterocycles. The van der Waals surface area contributed by atoms with Crippen LogP contribution in [0.5, 0.6) is 0 Å². The van der Waals surface area contributed by atoms with Gasteiger partial charge in [0.05, 0.1) is 0 Å². The summed E-state index contributed by atoms with van der Waals surface area (Å²) in [5, 5.41) is 3.74. The smallest absolute Gasteiger partial charge is 0.251 e. The number of carbonyl (C=O) groups is 1. The Hall–Kier alpha value is -1.51. The number of carbonyl (C=O) groups excluding carboxylic acids is 1. The molecule has 0 bridgehead atoms. The lowest BCUT2D eigenvalue weighted by Crippen LogP contribution is -2.17. The van der Waals surface area contributed by atoms with Crippen LogP contribution in [0.2, 0.25) is 10.0 Å². The molecule has 0 aliphatic heterocycles. The predicted octanol–water partition coefficient (Wildman–Crippen LogP) is 4.02. The number of amides is 1. The van der Waals surface area contributed by atoms with Gasteiger partial charge in [0.2, 0.25) is 0 Å². The van der Waals surface area contributed by atoms with Gasteiger partial charge in [-0.05, 0) is 41.5 Å². The van der Waals surface area contributed by atoms with Crippen LogP contribution in [-0.4, -0.2) is 13.0 Å². The average Bonchev–Trinajstić information content (AvgIpc) is 2.37. The van der Waals surface area contributed by atoms with Crippen LogP contribution in [0.3, 0.4) is 0 Å². The topological polar surface area (TPSA) is 29.1 Å². The quantitative estimate of drug-likeness (QED) is 0.884. The lowest BCUT2D eigenvalue weighted by Gasteiger charge is -2.06. The Morgan fingerprint density at radius 1 is 1.00 bits per heavy atom. The summed E-state index contributed by atoms with van der Waals surface area (Å²) in [6.07, 6.45) is 0. The first-order valence-corrected chi connectivity index (χ1v) is 6.14. The molecule has 0 saturated heterocycles. The number of nitrogens with one attached hydrogen (secondary N) is 1. The van der Waals surface area contributed by atoms with Crippen molar-refractivity contribution in [2.45, 2.75) is 0 Å². The van der Waals surface area contributed by atoms with Crippen molar-refractivity contribution in [1.29, 1.82) is 0 Å². The number of hydrogen-bond acceptors (Lipinski definition) is 1. The Bertz CT molecular complexity index is 576. The van der Waals surface area contributed by atoms with Gasteiger partial charge in [-0.2, -0.15) is 0 Å². The molecule has 0 aliphatic rings. The Morgan fingerprint density at radius 2 is 1.67 bits per heavy atom. The monoisotopic (exact) mass is 279 g/mol. The second kappa shape index (κ2) is 5.42. The first-order chi connectivity index (χ1) is 8.60. The number of benzene rings is 2. The minimum Gasteiger partial charge on any atom is -0.355 e. The van der Waals surface area contributed by atoms with Gasteiger partial charge < -0.3 is 5.32 Å². The molecule has 2 aromatic carbocycles. The Morgan fingerprint density at radius 3 is 2.28 bits per heavy atom. The second-order valence-electron chi connectivity index (χ2n) is 3.82. The number of hydrogen-bond donors (Lipinski definition) is 1. The van der Waals surface area contributed by atoms with Gasteiger partial charge in [-0.1, -0.05) is 35.3 Å². The van der Waals surface area contributed by atoms with Crippen molar-refractivity contribution in [2.75, 3.05) is 7.05 Å². The van der Waals surface area contributed by atoms with Crippen molar-refractivity contribution >= 4 is 29.1 Å². The van der Waals surface area contributed by atoms with E-state index in [0.717, 1.165) is 11.1 Å². The SMILES string of the molecule is CNC(=O)c1cccc(-c2cc(Cl)cc(Cl)c2)c1. The van der Waals surface area contributed by atoms with Crippen LogP contribution in [0.15, 0.2) is 42.5 Å². The first kappa shape index (κ1) is 12.9. The zero-order chi connectivity index (χ0) is 13.1. The van der Waals surface area contributed by atoms with E-state index in [2.05, 4.69) is 5.32 Å². The summed E-state index contributed by atoms with van der Waals surface area (Å²) < 4.78 is 0. The fourth-order valence-corrected chi connectivity index (χ4v) is 2.23. The second-order valence-corrected chi connectivity index (χ2v) is 4.69.